The molecule has 0 atom stereocenters. The number of hydrogen-bond donors (Lipinski definition) is 0. The molecule has 0 saturated heterocycles. The third-order valence-electron chi connectivity index (χ3n) is 5.08. The first-order valence-corrected chi connectivity index (χ1v) is 13.6. The van der Waals surface area contributed by atoms with Crippen molar-refractivity contribution in [1.29, 1.82) is 0 Å². The van der Waals surface area contributed by atoms with Gasteiger partial charge in [-0.2, -0.15) is 0 Å². The number of ether oxygens (including phenoxy) is 1. The van der Waals surface area contributed by atoms with Crippen molar-refractivity contribution in [3.05, 3.63) is 115 Å². The zero-order chi connectivity index (χ0) is 21.8. The second-order valence-corrected chi connectivity index (χ2v) is 13.8. The monoisotopic (exact) mass is 551 g/mol. The van der Waals surface area contributed by atoms with Crippen LogP contribution >= 0.6 is 0 Å². The number of hydrogen-bond acceptors (Lipinski definition) is 3. The minimum atomic E-state index is -0.342. The number of fused-ring (bicyclic) bond motifs is 1. The van der Waals surface area contributed by atoms with E-state index >= 15 is 0 Å². The van der Waals surface area contributed by atoms with E-state index in [4.69, 9.17) is 9.95 Å². The van der Waals surface area contributed by atoms with Crippen molar-refractivity contribution < 1.29 is 4.74 Å². The zero-order valence-electron chi connectivity index (χ0n) is 17.5. The molecule has 0 fully saturated rings. The fourth-order valence-electron chi connectivity index (χ4n) is 3.53. The maximum atomic E-state index is 5.45. The molecule has 0 spiro atoms. The van der Waals surface area contributed by atoms with Gasteiger partial charge in [0.2, 0.25) is 0 Å². The number of aromatic nitrogens is 3. The van der Waals surface area contributed by atoms with Crippen LogP contribution in [-0.4, -0.2) is 52.0 Å². The molecule has 6 heteroatoms. The van der Waals surface area contributed by atoms with Crippen LogP contribution in [0.25, 0.3) is 11.0 Å². The van der Waals surface area contributed by atoms with Gasteiger partial charge < -0.3 is 0 Å². The summed E-state index contributed by atoms with van der Waals surface area (Å²) in [6, 6.07) is 38.2. The van der Waals surface area contributed by atoms with Gasteiger partial charge in [0.05, 0.1) is 0 Å². The standard InChI is InChI=1S/C26H21N3OSe2/c1-30-21-18-16-20(17-19-21)26(31-22-10-4-2-5-11-22,32-23-12-6-3-7-13-23)29-25-15-9-8-14-24(25)27-28-29/h2-19H,1H3. The maximum absolute atomic E-state index is 5.45. The number of benzene rings is 4. The molecule has 0 bridgehead atoms. The van der Waals surface area contributed by atoms with Crippen LogP contribution in [0.3, 0.4) is 0 Å². The Morgan fingerprint density at radius 3 is 1.84 bits per heavy atom. The molecular formula is C26H21N3OSe2. The van der Waals surface area contributed by atoms with Crippen molar-refractivity contribution in [2.45, 2.75) is 3.34 Å². The Bertz CT molecular complexity index is 1260. The predicted molar refractivity (Wildman–Crippen MR) is 131 cm³/mol. The van der Waals surface area contributed by atoms with Crippen molar-refractivity contribution in [1.82, 2.24) is 15.0 Å². The van der Waals surface area contributed by atoms with Crippen molar-refractivity contribution in [2.24, 2.45) is 0 Å². The summed E-state index contributed by atoms with van der Waals surface area (Å²) < 4.78 is 9.94. The van der Waals surface area contributed by atoms with E-state index in [1.54, 1.807) is 7.11 Å². The van der Waals surface area contributed by atoms with Crippen molar-refractivity contribution in [3.8, 4) is 5.75 Å². The van der Waals surface area contributed by atoms with Gasteiger partial charge in [-0.1, -0.05) is 0 Å². The van der Waals surface area contributed by atoms with Crippen LogP contribution in [-0.2, 0) is 3.34 Å². The summed E-state index contributed by atoms with van der Waals surface area (Å²) >= 11 is 0.102. The number of rotatable bonds is 7. The third kappa shape index (κ3) is 4.11. The van der Waals surface area contributed by atoms with E-state index in [2.05, 4.69) is 94.7 Å². The average molecular weight is 549 g/mol. The predicted octanol–water partition coefficient (Wildman–Crippen LogP) is 3.16. The molecule has 4 nitrogen and oxygen atoms in total. The first kappa shape index (κ1) is 21.0. The molecular weight excluding hydrogens is 528 g/mol. The number of para-hydroxylation sites is 1. The number of nitrogens with zero attached hydrogens (tertiary/aromatic N) is 3. The SMILES string of the molecule is COc1ccc(C([Se]c2ccccc2)([Se]c2ccccc2)n2nnc3ccccc32)cc1. The van der Waals surface area contributed by atoms with Crippen LogP contribution in [0.1, 0.15) is 5.56 Å². The number of methoxy groups -OCH3 is 1. The summed E-state index contributed by atoms with van der Waals surface area (Å²) in [5, 5.41) is 9.28. The Hall–Kier alpha value is -2.88. The quantitative estimate of drug-likeness (QED) is 0.293. The van der Waals surface area contributed by atoms with Gasteiger partial charge in [-0.05, 0) is 0 Å². The molecule has 0 N–H and O–H groups in total. The first-order chi connectivity index (χ1) is 15.8. The Kier molecular flexibility index (Phi) is 6.11. The van der Waals surface area contributed by atoms with Gasteiger partial charge in [-0.3, -0.25) is 0 Å². The average Bonchev–Trinajstić information content (AvgIpc) is 3.30. The molecule has 0 saturated carbocycles. The molecule has 1 aromatic heterocycles. The third-order valence-corrected chi connectivity index (χ3v) is 11.9. The van der Waals surface area contributed by atoms with Gasteiger partial charge in [0.15, 0.2) is 0 Å². The van der Waals surface area contributed by atoms with Crippen LogP contribution in [0.2, 0.25) is 0 Å². The van der Waals surface area contributed by atoms with Crippen LogP contribution in [0, 0.1) is 0 Å². The summed E-state index contributed by atoms with van der Waals surface area (Å²) in [6.45, 7) is 0. The van der Waals surface area contributed by atoms with E-state index in [0.717, 1.165) is 16.8 Å². The molecule has 0 radical (unpaired) electrons. The van der Waals surface area contributed by atoms with Gasteiger partial charge in [-0.15, -0.1) is 0 Å². The topological polar surface area (TPSA) is 39.9 Å². The summed E-state index contributed by atoms with van der Waals surface area (Å²) in [6.07, 6.45) is 0. The van der Waals surface area contributed by atoms with E-state index in [1.807, 2.05) is 24.3 Å². The molecule has 5 rings (SSSR count). The molecule has 158 valence electrons. The molecule has 1 heterocycles. The zero-order valence-corrected chi connectivity index (χ0v) is 20.9. The minimum absolute atomic E-state index is 0.0508. The van der Waals surface area contributed by atoms with E-state index in [1.165, 1.54) is 14.5 Å². The van der Waals surface area contributed by atoms with Gasteiger partial charge in [0.1, 0.15) is 0 Å². The molecule has 0 amide bonds. The van der Waals surface area contributed by atoms with Gasteiger partial charge in [0.25, 0.3) is 0 Å². The first-order valence-electron chi connectivity index (χ1n) is 10.2. The Morgan fingerprint density at radius 2 is 1.25 bits per heavy atom. The summed E-state index contributed by atoms with van der Waals surface area (Å²) in [7, 11) is 1.70. The van der Waals surface area contributed by atoms with Crippen LogP contribution in [0.5, 0.6) is 5.75 Å². The van der Waals surface area contributed by atoms with Crippen molar-refractivity contribution in [2.75, 3.05) is 7.11 Å². The van der Waals surface area contributed by atoms with E-state index in [9.17, 15) is 0 Å². The molecule has 5 aromatic rings. The van der Waals surface area contributed by atoms with E-state index in [0.29, 0.717) is 0 Å². The van der Waals surface area contributed by atoms with Crippen LogP contribution < -0.4 is 13.7 Å². The van der Waals surface area contributed by atoms with Crippen molar-refractivity contribution >= 4 is 49.9 Å². The van der Waals surface area contributed by atoms with E-state index in [-0.39, 0.29) is 33.2 Å². The second kappa shape index (κ2) is 9.31. The van der Waals surface area contributed by atoms with Crippen LogP contribution in [0.4, 0.5) is 0 Å². The normalized spacial score (nSPS) is 11.5. The van der Waals surface area contributed by atoms with Crippen LogP contribution in [0.15, 0.2) is 109 Å². The summed E-state index contributed by atoms with van der Waals surface area (Å²) in [5.41, 5.74) is 3.19. The molecule has 0 aliphatic rings. The summed E-state index contributed by atoms with van der Waals surface area (Å²) in [5.74, 6) is 0.852. The Balaban J connectivity index is 1.77. The Morgan fingerprint density at radius 1 is 0.688 bits per heavy atom. The van der Waals surface area contributed by atoms with Gasteiger partial charge in [0, 0.05) is 0 Å². The Labute approximate surface area is 199 Å². The molecule has 0 aliphatic heterocycles. The van der Waals surface area contributed by atoms with Crippen molar-refractivity contribution in [3.63, 3.8) is 0 Å². The van der Waals surface area contributed by atoms with Gasteiger partial charge in [-0.25, -0.2) is 0 Å². The molecule has 0 aliphatic carbocycles. The fraction of sp³-hybridized carbons (Fsp3) is 0.0769. The van der Waals surface area contributed by atoms with Gasteiger partial charge >= 0.3 is 201 Å². The fourth-order valence-corrected chi connectivity index (χ4v) is 10.7. The van der Waals surface area contributed by atoms with E-state index < -0.39 is 0 Å². The molecule has 32 heavy (non-hydrogen) atoms. The molecule has 0 unspecified atom stereocenters. The molecule has 4 aromatic carbocycles. The second-order valence-electron chi connectivity index (χ2n) is 7.13. The summed E-state index contributed by atoms with van der Waals surface area (Å²) in [4.78, 5) is 0.